The van der Waals surface area contributed by atoms with Crippen LogP contribution in [0.2, 0.25) is 0 Å². The molecule has 2 atom stereocenters. The average molecular weight is 236 g/mol. The van der Waals surface area contributed by atoms with Crippen LogP contribution in [0.25, 0.3) is 0 Å². The Morgan fingerprint density at radius 1 is 1.41 bits per heavy atom. The summed E-state index contributed by atoms with van der Waals surface area (Å²) in [5.41, 5.74) is 0.991. The van der Waals surface area contributed by atoms with Crippen LogP contribution in [0.15, 0.2) is 24.3 Å². The van der Waals surface area contributed by atoms with E-state index in [1.807, 2.05) is 6.92 Å². The van der Waals surface area contributed by atoms with Crippen molar-refractivity contribution in [1.82, 2.24) is 10.6 Å². The summed E-state index contributed by atoms with van der Waals surface area (Å²) in [5, 5.41) is 6.11. The van der Waals surface area contributed by atoms with Gasteiger partial charge in [0.25, 0.3) is 0 Å². The van der Waals surface area contributed by atoms with Crippen LogP contribution in [0.3, 0.4) is 0 Å². The number of hydrogen-bond donors (Lipinski definition) is 2. The Balaban J connectivity index is 1.98. The topological polar surface area (TPSA) is 41.1 Å². The maximum absolute atomic E-state index is 12.8. The van der Waals surface area contributed by atoms with Crippen molar-refractivity contribution < 1.29 is 9.18 Å². The van der Waals surface area contributed by atoms with Gasteiger partial charge < -0.3 is 5.32 Å². The van der Waals surface area contributed by atoms with Gasteiger partial charge in [0.15, 0.2) is 0 Å². The number of hydrogen-bond acceptors (Lipinski definition) is 2. The summed E-state index contributed by atoms with van der Waals surface area (Å²) in [6.45, 7) is 2.75. The molecule has 1 amide bonds. The van der Waals surface area contributed by atoms with Crippen LogP contribution in [0.5, 0.6) is 0 Å². The average Bonchev–Trinajstić information content (AvgIpc) is 2.33. The van der Waals surface area contributed by atoms with Crippen molar-refractivity contribution in [3.05, 3.63) is 35.6 Å². The molecule has 92 valence electrons. The molecule has 2 N–H and O–H groups in total. The summed E-state index contributed by atoms with van der Waals surface area (Å²) in [4.78, 5) is 11.6. The van der Waals surface area contributed by atoms with E-state index >= 15 is 0 Å². The van der Waals surface area contributed by atoms with Crippen LogP contribution in [0.4, 0.5) is 4.39 Å². The molecule has 1 heterocycles. The molecule has 3 nitrogen and oxygen atoms in total. The first-order valence-corrected chi connectivity index (χ1v) is 5.96. The smallest absolute Gasteiger partial charge is 0.237 e. The molecular weight excluding hydrogens is 219 g/mol. The monoisotopic (exact) mass is 236 g/mol. The van der Waals surface area contributed by atoms with E-state index in [0.29, 0.717) is 0 Å². The molecule has 0 bridgehead atoms. The number of piperidine rings is 1. The largest absolute Gasteiger partial charge is 0.355 e. The maximum Gasteiger partial charge on any atom is 0.237 e. The van der Waals surface area contributed by atoms with Crippen LogP contribution in [0, 0.1) is 5.82 Å². The minimum absolute atomic E-state index is 0.0458. The van der Waals surface area contributed by atoms with E-state index in [4.69, 9.17) is 0 Å². The summed E-state index contributed by atoms with van der Waals surface area (Å²) in [5.74, 6) is -0.179. The highest BCUT2D eigenvalue weighted by molar-refractivity contribution is 5.82. The summed E-state index contributed by atoms with van der Waals surface area (Å²) < 4.78 is 12.8. The van der Waals surface area contributed by atoms with E-state index in [2.05, 4.69) is 10.6 Å². The number of halogens is 1. The quantitative estimate of drug-likeness (QED) is 0.839. The van der Waals surface area contributed by atoms with Gasteiger partial charge in [0.1, 0.15) is 5.82 Å². The molecule has 1 aromatic carbocycles. The lowest BCUT2D eigenvalue weighted by molar-refractivity contribution is -0.124. The van der Waals surface area contributed by atoms with E-state index in [1.165, 1.54) is 12.1 Å². The Bertz CT molecular complexity index is 391. The van der Waals surface area contributed by atoms with Crippen molar-refractivity contribution in [3.63, 3.8) is 0 Å². The van der Waals surface area contributed by atoms with Crippen molar-refractivity contribution in [2.75, 3.05) is 6.54 Å². The first-order chi connectivity index (χ1) is 8.16. The molecular formula is C13H17FN2O. The van der Waals surface area contributed by atoms with E-state index in [9.17, 15) is 9.18 Å². The van der Waals surface area contributed by atoms with Crippen LogP contribution >= 0.6 is 0 Å². The van der Waals surface area contributed by atoms with Crippen LogP contribution < -0.4 is 10.6 Å². The van der Waals surface area contributed by atoms with Crippen molar-refractivity contribution in [2.24, 2.45) is 0 Å². The van der Waals surface area contributed by atoms with Crippen molar-refractivity contribution >= 4 is 5.91 Å². The molecule has 0 saturated carbocycles. The Labute approximate surface area is 100 Å². The zero-order valence-corrected chi connectivity index (χ0v) is 9.87. The van der Waals surface area contributed by atoms with Crippen molar-refractivity contribution in [1.29, 1.82) is 0 Å². The fourth-order valence-corrected chi connectivity index (χ4v) is 2.08. The summed E-state index contributed by atoms with van der Waals surface area (Å²) in [6.07, 6.45) is 1.86. The number of carbonyl (C=O) groups excluding carboxylic acids is 1. The highest BCUT2D eigenvalue weighted by atomic mass is 19.1. The lowest BCUT2D eigenvalue weighted by atomic mass is 10.0. The van der Waals surface area contributed by atoms with E-state index < -0.39 is 0 Å². The standard InChI is InChI=1S/C13H17FN2O/c1-9(10-4-6-11(14)7-5-10)16-12-3-2-8-15-13(12)17/h4-7,9,12,16H,2-3,8H2,1H3,(H,15,17). The van der Waals surface area contributed by atoms with Gasteiger partial charge in [-0.05, 0) is 37.5 Å². The van der Waals surface area contributed by atoms with Gasteiger partial charge in [-0.15, -0.1) is 0 Å². The lowest BCUT2D eigenvalue weighted by Crippen LogP contribution is -2.48. The number of nitrogens with one attached hydrogen (secondary N) is 2. The molecule has 0 aliphatic carbocycles. The molecule has 0 spiro atoms. The van der Waals surface area contributed by atoms with Crippen LogP contribution in [-0.2, 0) is 4.79 Å². The first-order valence-electron chi connectivity index (χ1n) is 5.96. The van der Waals surface area contributed by atoms with Crippen molar-refractivity contribution in [2.45, 2.75) is 31.8 Å². The molecule has 4 heteroatoms. The van der Waals surface area contributed by atoms with E-state index in [1.54, 1.807) is 12.1 Å². The third-order valence-electron chi connectivity index (χ3n) is 3.11. The second-order valence-electron chi connectivity index (χ2n) is 4.43. The third-order valence-corrected chi connectivity index (χ3v) is 3.11. The molecule has 2 rings (SSSR count). The SMILES string of the molecule is CC(NC1CCCNC1=O)c1ccc(F)cc1. The van der Waals surface area contributed by atoms with E-state index in [-0.39, 0.29) is 23.8 Å². The van der Waals surface area contributed by atoms with Gasteiger partial charge in [-0.25, -0.2) is 4.39 Å². The molecule has 0 aromatic heterocycles. The molecule has 17 heavy (non-hydrogen) atoms. The molecule has 1 aliphatic heterocycles. The van der Waals surface area contributed by atoms with Gasteiger partial charge >= 0.3 is 0 Å². The molecule has 1 aromatic rings. The minimum Gasteiger partial charge on any atom is -0.355 e. The third kappa shape index (κ3) is 3.03. The Morgan fingerprint density at radius 2 is 2.12 bits per heavy atom. The number of amides is 1. The molecule has 2 unspecified atom stereocenters. The van der Waals surface area contributed by atoms with Gasteiger partial charge in [-0.1, -0.05) is 12.1 Å². The highest BCUT2D eigenvalue weighted by Crippen LogP contribution is 2.15. The van der Waals surface area contributed by atoms with Gasteiger partial charge in [0.05, 0.1) is 6.04 Å². The second-order valence-corrected chi connectivity index (χ2v) is 4.43. The zero-order chi connectivity index (χ0) is 12.3. The zero-order valence-electron chi connectivity index (χ0n) is 9.87. The number of rotatable bonds is 3. The predicted octanol–water partition coefficient (Wildman–Crippen LogP) is 1.75. The Hall–Kier alpha value is -1.42. The first kappa shape index (κ1) is 12.0. The minimum atomic E-state index is -0.239. The van der Waals surface area contributed by atoms with Crippen LogP contribution in [0.1, 0.15) is 31.4 Å². The van der Waals surface area contributed by atoms with Gasteiger partial charge in [-0.3, -0.25) is 10.1 Å². The van der Waals surface area contributed by atoms with Crippen molar-refractivity contribution in [3.8, 4) is 0 Å². The number of carbonyl (C=O) groups is 1. The van der Waals surface area contributed by atoms with Crippen LogP contribution in [-0.4, -0.2) is 18.5 Å². The summed E-state index contributed by atoms with van der Waals surface area (Å²) >= 11 is 0. The molecule has 1 fully saturated rings. The Kier molecular flexibility index (Phi) is 3.74. The maximum atomic E-state index is 12.8. The second kappa shape index (κ2) is 5.27. The van der Waals surface area contributed by atoms with Gasteiger partial charge in [0, 0.05) is 12.6 Å². The fraction of sp³-hybridized carbons (Fsp3) is 0.462. The Morgan fingerprint density at radius 3 is 2.76 bits per heavy atom. The summed E-state index contributed by atoms with van der Waals surface area (Å²) in [7, 11) is 0. The number of benzene rings is 1. The van der Waals surface area contributed by atoms with Gasteiger partial charge in [-0.2, -0.15) is 0 Å². The van der Waals surface area contributed by atoms with E-state index in [0.717, 1.165) is 24.9 Å². The molecule has 1 saturated heterocycles. The fourth-order valence-electron chi connectivity index (χ4n) is 2.08. The highest BCUT2D eigenvalue weighted by Gasteiger charge is 2.23. The predicted molar refractivity (Wildman–Crippen MR) is 64.0 cm³/mol. The van der Waals surface area contributed by atoms with Gasteiger partial charge in [0.2, 0.25) is 5.91 Å². The lowest BCUT2D eigenvalue weighted by Gasteiger charge is -2.26. The molecule has 1 aliphatic rings. The summed E-state index contributed by atoms with van der Waals surface area (Å²) in [6, 6.07) is 6.28. The normalized spacial score (nSPS) is 22.0. The molecule has 0 radical (unpaired) electrons.